The Labute approximate surface area is 107 Å². The van der Waals surface area contributed by atoms with Crippen molar-refractivity contribution in [3.05, 3.63) is 34.9 Å². The molecule has 0 saturated carbocycles. The minimum atomic E-state index is -0.824. The summed E-state index contributed by atoms with van der Waals surface area (Å²) in [6.07, 6.45) is 0.493. The van der Waals surface area contributed by atoms with Gasteiger partial charge in [-0.3, -0.25) is 4.79 Å². The Kier molecular flexibility index (Phi) is 5.04. The molecule has 0 spiro atoms. The molecule has 0 heterocycles. The first kappa shape index (κ1) is 12.4. The van der Waals surface area contributed by atoms with Crippen molar-refractivity contribution < 1.29 is 9.90 Å². The predicted octanol–water partition coefficient (Wildman–Crippen LogP) is 3.34. The zero-order chi connectivity index (χ0) is 11.3. The minimum Gasteiger partial charge on any atom is -0.481 e. The summed E-state index contributed by atoms with van der Waals surface area (Å²) in [7, 11) is 0. The fourth-order valence-electron chi connectivity index (χ4n) is 1.13. The third-order valence-electron chi connectivity index (χ3n) is 1.84. The molecule has 0 radical (unpaired) electrons. The summed E-state index contributed by atoms with van der Waals surface area (Å²) in [4.78, 5) is 10.4. The first-order chi connectivity index (χ1) is 7.13. The number of hydrogen-bond acceptors (Lipinski definition) is 2. The van der Waals surface area contributed by atoms with Crippen molar-refractivity contribution in [2.45, 2.75) is 12.8 Å². The van der Waals surface area contributed by atoms with E-state index in [2.05, 4.69) is 3.21 Å². The van der Waals surface area contributed by atoms with E-state index in [4.69, 9.17) is 16.7 Å². The molecule has 1 rings (SSSR count). The van der Waals surface area contributed by atoms with Crippen molar-refractivity contribution in [1.82, 2.24) is 0 Å². The van der Waals surface area contributed by atoms with Crippen LogP contribution in [0.2, 0.25) is 5.02 Å². The predicted molar refractivity (Wildman–Crippen MR) is 68.9 cm³/mol. The minimum absolute atomic E-state index is 0.0777. The van der Waals surface area contributed by atoms with Gasteiger partial charge in [0.25, 0.3) is 0 Å². The van der Waals surface area contributed by atoms with Crippen LogP contribution in [0.15, 0.2) is 27.5 Å². The average Bonchev–Trinajstić information content (AvgIpc) is 2.18. The number of halogens is 2. The van der Waals surface area contributed by atoms with Gasteiger partial charge in [0.2, 0.25) is 0 Å². The van der Waals surface area contributed by atoms with Crippen LogP contribution in [0.4, 0.5) is 0 Å². The Bertz CT molecular complexity index is 393. The van der Waals surface area contributed by atoms with Gasteiger partial charge in [-0.2, -0.15) is 0 Å². The zero-order valence-corrected chi connectivity index (χ0v) is 10.7. The Balaban J connectivity index is 2.80. The van der Waals surface area contributed by atoms with Gasteiger partial charge in [0.15, 0.2) is 0 Å². The van der Waals surface area contributed by atoms with Gasteiger partial charge in [-0.05, 0) is 17.7 Å². The van der Waals surface area contributed by atoms with Crippen molar-refractivity contribution in [3.8, 4) is 0 Å². The van der Waals surface area contributed by atoms with Crippen LogP contribution in [-0.4, -0.2) is 16.8 Å². The Morgan fingerprint density at radius 2 is 2.20 bits per heavy atom. The molecule has 0 atom stereocenters. The molecule has 0 amide bonds. The molecule has 0 saturated heterocycles. The first-order valence-electron chi connectivity index (χ1n) is 4.29. The van der Waals surface area contributed by atoms with Crippen molar-refractivity contribution in [3.63, 3.8) is 0 Å². The van der Waals surface area contributed by atoms with Crippen LogP contribution in [0.3, 0.4) is 0 Å². The topological polar surface area (TPSA) is 49.7 Å². The molecule has 0 fully saturated rings. The fourth-order valence-corrected chi connectivity index (χ4v) is 1.84. The molecule has 0 aromatic heterocycles. The van der Waals surface area contributed by atoms with Gasteiger partial charge in [0.1, 0.15) is 0 Å². The summed E-state index contributed by atoms with van der Waals surface area (Å²) < 4.78 is 4.04. The highest BCUT2D eigenvalue weighted by Crippen LogP contribution is 2.15. The molecule has 80 valence electrons. The number of hydrogen-bond donors (Lipinski definition) is 1. The Hall–Kier alpha value is -0.620. The van der Waals surface area contributed by atoms with Gasteiger partial charge in [0, 0.05) is 11.4 Å². The second-order valence-corrected chi connectivity index (χ2v) is 3.85. The number of carboxylic acid groups (broad SMARTS) is 1. The lowest BCUT2D eigenvalue weighted by molar-refractivity contribution is -0.136. The summed E-state index contributed by atoms with van der Waals surface area (Å²) in [5.41, 5.74) is 1.62. The van der Waals surface area contributed by atoms with Crippen LogP contribution >= 0.6 is 34.5 Å². The molecule has 1 aromatic carbocycles. The summed E-state index contributed by atoms with van der Waals surface area (Å²) in [5.74, 6) is -0.824. The van der Waals surface area contributed by atoms with Gasteiger partial charge in [-0.25, -0.2) is 3.21 Å². The maximum atomic E-state index is 10.4. The smallest absolute Gasteiger partial charge is 0.303 e. The molecule has 1 aromatic rings. The molecular weight excluding hydrogens is 328 g/mol. The second kappa shape index (κ2) is 6.07. The van der Waals surface area contributed by atoms with Gasteiger partial charge in [-0.1, -0.05) is 23.7 Å². The molecule has 0 unspecified atom stereocenters. The van der Waals surface area contributed by atoms with E-state index in [1.807, 2.05) is 35.0 Å². The third-order valence-corrected chi connectivity index (χ3v) is 2.65. The molecule has 0 bridgehead atoms. The van der Waals surface area contributed by atoms with Crippen LogP contribution in [-0.2, 0) is 4.79 Å². The summed E-state index contributed by atoms with van der Waals surface area (Å²) >= 11 is 7.70. The van der Waals surface area contributed by atoms with E-state index < -0.39 is 5.97 Å². The van der Waals surface area contributed by atoms with Crippen LogP contribution in [0.1, 0.15) is 18.4 Å². The van der Waals surface area contributed by atoms with Gasteiger partial charge in [0.05, 0.1) is 35.0 Å². The summed E-state index contributed by atoms with van der Waals surface area (Å²) in [5, 5.41) is 9.20. The van der Waals surface area contributed by atoms with E-state index in [-0.39, 0.29) is 6.42 Å². The maximum Gasteiger partial charge on any atom is 0.303 e. The van der Waals surface area contributed by atoms with E-state index >= 15 is 0 Å². The third kappa shape index (κ3) is 4.17. The van der Waals surface area contributed by atoms with Crippen LogP contribution < -0.4 is 0 Å². The van der Waals surface area contributed by atoms with Crippen molar-refractivity contribution in [2.75, 3.05) is 0 Å². The molecule has 3 nitrogen and oxygen atoms in total. The van der Waals surface area contributed by atoms with E-state index in [9.17, 15) is 4.79 Å². The highest BCUT2D eigenvalue weighted by atomic mass is 127. The normalized spacial score (nSPS) is 11.5. The lowest BCUT2D eigenvalue weighted by Gasteiger charge is -2.03. The van der Waals surface area contributed by atoms with Crippen molar-refractivity contribution in [2.24, 2.45) is 3.21 Å². The Morgan fingerprint density at radius 1 is 1.47 bits per heavy atom. The maximum absolute atomic E-state index is 10.4. The van der Waals surface area contributed by atoms with Crippen molar-refractivity contribution in [1.29, 1.82) is 0 Å². The highest BCUT2D eigenvalue weighted by Gasteiger charge is 2.06. The largest absolute Gasteiger partial charge is 0.481 e. The van der Waals surface area contributed by atoms with Gasteiger partial charge < -0.3 is 5.11 Å². The van der Waals surface area contributed by atoms with E-state index in [1.54, 1.807) is 12.1 Å². The standard InChI is InChI=1S/C10H9ClINO2/c11-8-3-1-2-7(6-8)9(13-12)4-5-10(14)15/h1-3,6H,4-5H2,(H,14,15)/b13-9+. The highest BCUT2D eigenvalue weighted by molar-refractivity contribution is 14.1. The zero-order valence-electron chi connectivity index (χ0n) is 7.78. The number of carboxylic acids is 1. The summed E-state index contributed by atoms with van der Waals surface area (Å²) in [6.45, 7) is 0. The SMILES string of the molecule is O=C(O)CC/C(=N\I)c1cccc(Cl)c1. The number of benzene rings is 1. The summed E-state index contributed by atoms with van der Waals surface area (Å²) in [6, 6.07) is 7.24. The van der Waals surface area contributed by atoms with Crippen LogP contribution in [0, 0.1) is 0 Å². The number of nitrogens with zero attached hydrogens (tertiary/aromatic N) is 1. The van der Waals surface area contributed by atoms with E-state index in [0.29, 0.717) is 11.4 Å². The molecule has 5 heteroatoms. The van der Waals surface area contributed by atoms with E-state index in [0.717, 1.165) is 11.3 Å². The van der Waals surface area contributed by atoms with Crippen LogP contribution in [0.25, 0.3) is 0 Å². The second-order valence-electron chi connectivity index (χ2n) is 2.94. The van der Waals surface area contributed by atoms with Gasteiger partial charge in [-0.15, -0.1) is 0 Å². The van der Waals surface area contributed by atoms with Crippen molar-refractivity contribution >= 4 is 46.1 Å². The monoisotopic (exact) mass is 337 g/mol. The molecule has 0 aliphatic rings. The van der Waals surface area contributed by atoms with Gasteiger partial charge >= 0.3 is 5.97 Å². The lowest BCUT2D eigenvalue weighted by Crippen LogP contribution is -2.04. The molecular formula is C10H9ClINO2. The first-order valence-corrected chi connectivity index (χ1v) is 5.63. The Morgan fingerprint density at radius 3 is 2.73 bits per heavy atom. The lowest BCUT2D eigenvalue weighted by atomic mass is 10.1. The molecule has 0 aliphatic carbocycles. The number of carbonyl (C=O) groups is 1. The number of rotatable bonds is 4. The number of aliphatic carboxylic acids is 1. The molecule has 1 N–H and O–H groups in total. The fraction of sp³-hybridized carbons (Fsp3) is 0.200. The van der Waals surface area contributed by atoms with Crippen LogP contribution in [0.5, 0.6) is 0 Å². The average molecular weight is 338 g/mol. The molecule has 0 aliphatic heterocycles. The van der Waals surface area contributed by atoms with E-state index in [1.165, 1.54) is 0 Å². The molecule has 15 heavy (non-hydrogen) atoms. The quantitative estimate of drug-likeness (QED) is 0.676.